The summed E-state index contributed by atoms with van der Waals surface area (Å²) in [5, 5.41) is 11.4. The lowest BCUT2D eigenvalue weighted by Crippen LogP contribution is -2.38. The molecule has 3 heteroatoms. The Morgan fingerprint density at radius 1 is 1.00 bits per heavy atom. The first kappa shape index (κ1) is 17.2. The third-order valence-corrected chi connectivity index (χ3v) is 4.27. The third-order valence-electron chi connectivity index (χ3n) is 4.27. The van der Waals surface area contributed by atoms with Crippen molar-refractivity contribution in [3.05, 3.63) is 71.3 Å². The maximum atomic E-state index is 12.6. The SMILES string of the molecule is CCN(CC)C(=O)CC(O)(c1ccccc1)c1cccc(C)c1. The summed E-state index contributed by atoms with van der Waals surface area (Å²) >= 11 is 0. The van der Waals surface area contributed by atoms with Crippen molar-refractivity contribution in [2.45, 2.75) is 32.8 Å². The van der Waals surface area contributed by atoms with Gasteiger partial charge in [0, 0.05) is 13.1 Å². The van der Waals surface area contributed by atoms with Gasteiger partial charge in [-0.3, -0.25) is 4.79 Å². The number of amides is 1. The van der Waals surface area contributed by atoms with Crippen molar-refractivity contribution >= 4 is 5.91 Å². The Balaban J connectivity index is 2.46. The van der Waals surface area contributed by atoms with Crippen molar-refractivity contribution in [2.75, 3.05) is 13.1 Å². The van der Waals surface area contributed by atoms with E-state index in [1.807, 2.05) is 75.4 Å². The molecular weight excluding hydrogens is 286 g/mol. The molecule has 0 fully saturated rings. The van der Waals surface area contributed by atoms with Gasteiger partial charge in [-0.2, -0.15) is 0 Å². The van der Waals surface area contributed by atoms with Gasteiger partial charge in [-0.05, 0) is 31.9 Å². The van der Waals surface area contributed by atoms with E-state index < -0.39 is 5.60 Å². The van der Waals surface area contributed by atoms with Gasteiger partial charge >= 0.3 is 0 Å². The number of nitrogens with zero attached hydrogens (tertiary/aromatic N) is 1. The maximum absolute atomic E-state index is 12.6. The van der Waals surface area contributed by atoms with Gasteiger partial charge < -0.3 is 10.0 Å². The molecule has 0 aliphatic rings. The molecule has 0 bridgehead atoms. The highest BCUT2D eigenvalue weighted by Gasteiger charge is 2.35. The van der Waals surface area contributed by atoms with E-state index in [0.29, 0.717) is 13.1 Å². The molecule has 1 atom stereocenters. The largest absolute Gasteiger partial charge is 0.380 e. The van der Waals surface area contributed by atoms with E-state index in [4.69, 9.17) is 0 Å². The smallest absolute Gasteiger partial charge is 0.226 e. The molecule has 0 saturated heterocycles. The Morgan fingerprint density at radius 3 is 2.17 bits per heavy atom. The summed E-state index contributed by atoms with van der Waals surface area (Å²) in [5.41, 5.74) is 1.25. The highest BCUT2D eigenvalue weighted by molar-refractivity contribution is 5.78. The van der Waals surface area contributed by atoms with E-state index in [9.17, 15) is 9.90 Å². The van der Waals surface area contributed by atoms with Crippen LogP contribution < -0.4 is 0 Å². The van der Waals surface area contributed by atoms with Crippen LogP contribution in [0.3, 0.4) is 0 Å². The van der Waals surface area contributed by atoms with Crippen LogP contribution in [0, 0.1) is 6.92 Å². The molecule has 0 heterocycles. The Kier molecular flexibility index (Phi) is 5.56. The fourth-order valence-electron chi connectivity index (χ4n) is 2.89. The Morgan fingerprint density at radius 2 is 1.61 bits per heavy atom. The van der Waals surface area contributed by atoms with Crippen molar-refractivity contribution in [1.82, 2.24) is 4.90 Å². The summed E-state index contributed by atoms with van der Waals surface area (Å²) in [6.07, 6.45) is 0.0438. The van der Waals surface area contributed by atoms with Crippen LogP contribution in [0.1, 0.15) is 37.0 Å². The zero-order valence-electron chi connectivity index (χ0n) is 14.1. The summed E-state index contributed by atoms with van der Waals surface area (Å²) in [6, 6.07) is 17.2. The first-order chi connectivity index (χ1) is 11.0. The molecule has 1 amide bonds. The van der Waals surface area contributed by atoms with Crippen LogP contribution in [0.15, 0.2) is 54.6 Å². The molecule has 2 rings (SSSR count). The second-order valence-electron chi connectivity index (χ2n) is 5.84. The van der Waals surface area contributed by atoms with Crippen LogP contribution >= 0.6 is 0 Å². The van der Waals surface area contributed by atoms with Gasteiger partial charge in [-0.25, -0.2) is 0 Å². The van der Waals surface area contributed by atoms with Crippen LogP contribution in [0.4, 0.5) is 0 Å². The highest BCUT2D eigenvalue weighted by atomic mass is 16.3. The third kappa shape index (κ3) is 3.80. The van der Waals surface area contributed by atoms with E-state index in [2.05, 4.69) is 0 Å². The lowest BCUT2D eigenvalue weighted by atomic mass is 9.82. The van der Waals surface area contributed by atoms with Gasteiger partial charge in [-0.1, -0.05) is 60.2 Å². The predicted octanol–water partition coefficient (Wildman–Crippen LogP) is 3.49. The molecule has 3 nitrogen and oxygen atoms in total. The molecule has 0 aliphatic heterocycles. The molecular formula is C20H25NO2. The van der Waals surface area contributed by atoms with Crippen LogP contribution in [-0.4, -0.2) is 29.0 Å². The molecule has 2 aromatic rings. The van der Waals surface area contributed by atoms with Crippen LogP contribution in [0.25, 0.3) is 0 Å². The van der Waals surface area contributed by atoms with Gasteiger partial charge in [0.2, 0.25) is 5.91 Å². The van der Waals surface area contributed by atoms with E-state index in [1.54, 1.807) is 4.90 Å². The van der Waals surface area contributed by atoms with Crippen LogP contribution in [0.2, 0.25) is 0 Å². The minimum Gasteiger partial charge on any atom is -0.380 e. The Hall–Kier alpha value is -2.13. The summed E-state index contributed by atoms with van der Waals surface area (Å²) in [7, 11) is 0. The second kappa shape index (κ2) is 7.42. The monoisotopic (exact) mass is 311 g/mol. The molecule has 2 aromatic carbocycles. The highest BCUT2D eigenvalue weighted by Crippen LogP contribution is 2.34. The molecule has 1 unspecified atom stereocenters. The van der Waals surface area contributed by atoms with Crippen molar-refractivity contribution in [3.63, 3.8) is 0 Å². The number of rotatable bonds is 6. The maximum Gasteiger partial charge on any atom is 0.226 e. The Bertz CT molecular complexity index is 650. The number of carbonyl (C=O) groups is 1. The number of hydrogen-bond acceptors (Lipinski definition) is 2. The number of benzene rings is 2. The number of aliphatic hydroxyl groups is 1. The fourth-order valence-corrected chi connectivity index (χ4v) is 2.89. The predicted molar refractivity (Wildman–Crippen MR) is 93.2 cm³/mol. The zero-order valence-corrected chi connectivity index (χ0v) is 14.1. The van der Waals surface area contributed by atoms with Crippen molar-refractivity contribution in [1.29, 1.82) is 0 Å². The van der Waals surface area contributed by atoms with E-state index in [-0.39, 0.29) is 12.3 Å². The average molecular weight is 311 g/mol. The minimum atomic E-state index is -1.31. The number of carbonyl (C=O) groups excluding carboxylic acids is 1. The molecule has 0 saturated carbocycles. The van der Waals surface area contributed by atoms with Gasteiger partial charge in [0.25, 0.3) is 0 Å². The molecule has 1 N–H and O–H groups in total. The minimum absolute atomic E-state index is 0.0390. The lowest BCUT2D eigenvalue weighted by molar-refractivity contribution is -0.135. The van der Waals surface area contributed by atoms with E-state index >= 15 is 0 Å². The van der Waals surface area contributed by atoms with E-state index in [0.717, 1.165) is 16.7 Å². The fraction of sp³-hybridized carbons (Fsp3) is 0.350. The van der Waals surface area contributed by atoms with Gasteiger partial charge in [0.1, 0.15) is 5.60 Å². The van der Waals surface area contributed by atoms with E-state index in [1.165, 1.54) is 0 Å². The van der Waals surface area contributed by atoms with Gasteiger partial charge in [0.05, 0.1) is 6.42 Å². The molecule has 122 valence electrons. The summed E-state index contributed by atoms with van der Waals surface area (Å²) < 4.78 is 0. The first-order valence-corrected chi connectivity index (χ1v) is 8.14. The second-order valence-corrected chi connectivity index (χ2v) is 5.84. The standard InChI is InChI=1S/C20H25NO2/c1-4-21(5-2)19(22)15-20(23,17-11-7-6-8-12-17)18-13-9-10-16(3)14-18/h6-14,23H,4-5,15H2,1-3H3. The van der Waals surface area contributed by atoms with Crippen molar-refractivity contribution < 1.29 is 9.90 Å². The van der Waals surface area contributed by atoms with Crippen LogP contribution in [0.5, 0.6) is 0 Å². The summed E-state index contributed by atoms with van der Waals surface area (Å²) in [4.78, 5) is 14.4. The molecule has 23 heavy (non-hydrogen) atoms. The van der Waals surface area contributed by atoms with Crippen LogP contribution in [-0.2, 0) is 10.4 Å². The molecule has 0 spiro atoms. The molecule has 0 aliphatic carbocycles. The topological polar surface area (TPSA) is 40.5 Å². The molecule has 0 radical (unpaired) electrons. The first-order valence-electron chi connectivity index (χ1n) is 8.14. The number of hydrogen-bond donors (Lipinski definition) is 1. The Labute approximate surface area is 138 Å². The quantitative estimate of drug-likeness (QED) is 0.887. The zero-order chi connectivity index (χ0) is 16.9. The average Bonchev–Trinajstić information content (AvgIpc) is 2.56. The normalized spacial score (nSPS) is 13.4. The lowest BCUT2D eigenvalue weighted by Gasteiger charge is -2.31. The van der Waals surface area contributed by atoms with Gasteiger partial charge in [-0.15, -0.1) is 0 Å². The van der Waals surface area contributed by atoms with Crippen molar-refractivity contribution in [3.8, 4) is 0 Å². The number of aryl methyl sites for hydroxylation is 1. The summed E-state index contributed by atoms with van der Waals surface area (Å²) in [5.74, 6) is -0.0390. The van der Waals surface area contributed by atoms with Crippen molar-refractivity contribution in [2.24, 2.45) is 0 Å². The molecule has 0 aromatic heterocycles. The summed E-state index contributed by atoms with van der Waals surface area (Å²) in [6.45, 7) is 7.19. The van der Waals surface area contributed by atoms with Gasteiger partial charge in [0.15, 0.2) is 0 Å².